The Morgan fingerprint density at radius 1 is 1.73 bits per heavy atom. The average molecular weight is 210 g/mol. The second kappa shape index (κ2) is 4.82. The van der Waals surface area contributed by atoms with Crippen LogP contribution in [0.25, 0.3) is 0 Å². The van der Waals surface area contributed by atoms with Crippen LogP contribution in [-0.2, 0) is 9.53 Å². The van der Waals surface area contributed by atoms with Crippen molar-refractivity contribution >= 4 is 5.97 Å². The van der Waals surface area contributed by atoms with E-state index in [9.17, 15) is 4.79 Å². The van der Waals surface area contributed by atoms with Crippen LogP contribution in [0.15, 0.2) is 12.7 Å². The summed E-state index contributed by atoms with van der Waals surface area (Å²) in [6, 6.07) is 0. The minimum Gasteiger partial charge on any atom is -0.456 e. The Bertz CT molecular complexity index is 247. The van der Waals surface area contributed by atoms with Crippen LogP contribution >= 0.6 is 0 Å². The van der Waals surface area contributed by atoms with Crippen LogP contribution < -0.4 is 0 Å². The first kappa shape index (κ1) is 12.3. The van der Waals surface area contributed by atoms with Crippen LogP contribution in [0.1, 0.15) is 46.5 Å². The summed E-state index contributed by atoms with van der Waals surface area (Å²) in [5.74, 6) is 0.826. The lowest BCUT2D eigenvalue weighted by Gasteiger charge is -2.34. The van der Waals surface area contributed by atoms with Crippen molar-refractivity contribution in [2.75, 3.05) is 0 Å². The Kier molecular flexibility index (Phi) is 3.95. The molecule has 1 fully saturated rings. The van der Waals surface area contributed by atoms with Gasteiger partial charge >= 0.3 is 5.97 Å². The number of carbonyl (C=O) groups excluding carboxylic acids is 1. The molecule has 0 amide bonds. The van der Waals surface area contributed by atoms with Gasteiger partial charge in [-0.3, -0.25) is 0 Å². The highest BCUT2D eigenvalue weighted by Crippen LogP contribution is 2.43. The molecule has 86 valence electrons. The molecule has 3 atom stereocenters. The van der Waals surface area contributed by atoms with E-state index < -0.39 is 0 Å². The van der Waals surface area contributed by atoms with Gasteiger partial charge in [-0.25, -0.2) is 4.79 Å². The zero-order chi connectivity index (χ0) is 11.5. The van der Waals surface area contributed by atoms with Gasteiger partial charge in [-0.1, -0.05) is 27.4 Å². The van der Waals surface area contributed by atoms with Crippen LogP contribution in [0.3, 0.4) is 0 Å². The molecule has 0 heterocycles. The number of hydrogen-bond acceptors (Lipinski definition) is 2. The van der Waals surface area contributed by atoms with Crippen molar-refractivity contribution in [1.29, 1.82) is 0 Å². The van der Waals surface area contributed by atoms with Gasteiger partial charge in [-0.05, 0) is 37.5 Å². The van der Waals surface area contributed by atoms with Crippen molar-refractivity contribution in [3.05, 3.63) is 12.7 Å². The number of hydrogen-bond donors (Lipinski definition) is 0. The first-order chi connectivity index (χ1) is 7.04. The Labute approximate surface area is 92.7 Å². The maximum Gasteiger partial charge on any atom is 0.330 e. The van der Waals surface area contributed by atoms with Gasteiger partial charge in [0.05, 0.1) is 0 Å². The molecule has 0 aromatic carbocycles. The topological polar surface area (TPSA) is 26.3 Å². The fourth-order valence-electron chi connectivity index (χ4n) is 2.54. The third kappa shape index (κ3) is 2.61. The summed E-state index contributed by atoms with van der Waals surface area (Å²) in [5.41, 5.74) is -0.223. The molecule has 0 radical (unpaired) electrons. The maximum absolute atomic E-state index is 11.4. The van der Waals surface area contributed by atoms with Gasteiger partial charge in [-0.2, -0.15) is 0 Å². The molecule has 2 nitrogen and oxygen atoms in total. The first-order valence-electron chi connectivity index (χ1n) is 5.89. The lowest BCUT2D eigenvalue weighted by Crippen LogP contribution is -2.38. The Balaban J connectivity index is 2.77. The van der Waals surface area contributed by atoms with E-state index in [1.807, 2.05) is 0 Å². The number of rotatable bonds is 4. The van der Waals surface area contributed by atoms with Crippen molar-refractivity contribution in [3.63, 3.8) is 0 Å². The van der Waals surface area contributed by atoms with Gasteiger partial charge in [0.1, 0.15) is 5.60 Å². The molecule has 1 rings (SSSR count). The highest BCUT2D eigenvalue weighted by atomic mass is 16.6. The summed E-state index contributed by atoms with van der Waals surface area (Å²) in [7, 11) is 0. The van der Waals surface area contributed by atoms with Crippen LogP contribution in [0.5, 0.6) is 0 Å². The minimum atomic E-state index is -0.274. The second-order valence-electron chi connectivity index (χ2n) is 4.85. The highest BCUT2D eigenvalue weighted by Gasteiger charge is 2.44. The lowest BCUT2D eigenvalue weighted by atomic mass is 9.84. The van der Waals surface area contributed by atoms with E-state index >= 15 is 0 Å². The van der Waals surface area contributed by atoms with Gasteiger partial charge in [0, 0.05) is 6.08 Å². The number of ether oxygens (including phenoxy) is 1. The predicted molar refractivity (Wildman–Crippen MR) is 61.5 cm³/mol. The molecule has 1 aliphatic carbocycles. The maximum atomic E-state index is 11.4. The van der Waals surface area contributed by atoms with Gasteiger partial charge in [0.15, 0.2) is 0 Å². The lowest BCUT2D eigenvalue weighted by molar-refractivity contribution is -0.159. The molecule has 0 aromatic rings. The summed E-state index contributed by atoms with van der Waals surface area (Å²) < 4.78 is 5.61. The third-order valence-electron chi connectivity index (χ3n) is 3.74. The van der Waals surface area contributed by atoms with Crippen molar-refractivity contribution < 1.29 is 9.53 Å². The zero-order valence-corrected chi connectivity index (χ0v) is 10.1. The SMILES string of the molecule is C=CC(=O)OC1(C(C)CC)CCC(C)C1. The summed E-state index contributed by atoms with van der Waals surface area (Å²) in [4.78, 5) is 11.4. The molecule has 2 heteroatoms. The highest BCUT2D eigenvalue weighted by molar-refractivity contribution is 5.81. The molecule has 0 N–H and O–H groups in total. The Hall–Kier alpha value is -0.790. The molecule has 0 aliphatic heterocycles. The largest absolute Gasteiger partial charge is 0.456 e. The minimum absolute atomic E-state index is 0.223. The smallest absolute Gasteiger partial charge is 0.330 e. The fraction of sp³-hybridized carbons (Fsp3) is 0.769. The van der Waals surface area contributed by atoms with Crippen LogP contribution in [-0.4, -0.2) is 11.6 Å². The Morgan fingerprint density at radius 2 is 2.40 bits per heavy atom. The first-order valence-corrected chi connectivity index (χ1v) is 5.89. The fourth-order valence-corrected chi connectivity index (χ4v) is 2.54. The second-order valence-corrected chi connectivity index (χ2v) is 4.85. The normalized spacial score (nSPS) is 32.3. The Morgan fingerprint density at radius 3 is 2.80 bits per heavy atom. The number of esters is 1. The molecule has 1 aliphatic rings. The molecule has 0 spiro atoms. The molecule has 0 saturated heterocycles. The number of carbonyl (C=O) groups is 1. The monoisotopic (exact) mass is 210 g/mol. The van der Waals surface area contributed by atoms with E-state index in [0.29, 0.717) is 11.8 Å². The van der Waals surface area contributed by atoms with Crippen molar-refractivity contribution in [2.45, 2.75) is 52.1 Å². The summed E-state index contributed by atoms with van der Waals surface area (Å²) in [6.07, 6.45) is 5.49. The average Bonchev–Trinajstić information content (AvgIpc) is 2.59. The molecular formula is C13H22O2. The molecule has 0 aromatic heterocycles. The molecule has 1 saturated carbocycles. The zero-order valence-electron chi connectivity index (χ0n) is 10.1. The summed E-state index contributed by atoms with van der Waals surface area (Å²) >= 11 is 0. The van der Waals surface area contributed by atoms with E-state index in [1.165, 1.54) is 6.08 Å². The van der Waals surface area contributed by atoms with Crippen LogP contribution in [0.4, 0.5) is 0 Å². The van der Waals surface area contributed by atoms with Crippen LogP contribution in [0.2, 0.25) is 0 Å². The van der Waals surface area contributed by atoms with E-state index in [0.717, 1.165) is 25.7 Å². The summed E-state index contributed by atoms with van der Waals surface area (Å²) in [5, 5.41) is 0. The van der Waals surface area contributed by atoms with Crippen molar-refractivity contribution in [3.8, 4) is 0 Å². The standard InChI is InChI=1S/C13H22O2/c1-5-11(4)13(15-12(14)6-2)8-7-10(3)9-13/h6,10-11H,2,5,7-9H2,1,3-4H3. The van der Waals surface area contributed by atoms with Gasteiger partial charge in [0.25, 0.3) is 0 Å². The van der Waals surface area contributed by atoms with Crippen LogP contribution in [0, 0.1) is 11.8 Å². The van der Waals surface area contributed by atoms with E-state index in [1.54, 1.807) is 0 Å². The molecule has 15 heavy (non-hydrogen) atoms. The van der Waals surface area contributed by atoms with Gasteiger partial charge < -0.3 is 4.74 Å². The molecular weight excluding hydrogens is 188 g/mol. The molecule has 3 unspecified atom stereocenters. The molecule has 0 bridgehead atoms. The predicted octanol–water partition coefficient (Wildman–Crippen LogP) is 3.32. The van der Waals surface area contributed by atoms with Gasteiger partial charge in [0.2, 0.25) is 0 Å². The van der Waals surface area contributed by atoms with E-state index in [2.05, 4.69) is 27.4 Å². The quantitative estimate of drug-likeness (QED) is 0.525. The van der Waals surface area contributed by atoms with Gasteiger partial charge in [-0.15, -0.1) is 0 Å². The van der Waals surface area contributed by atoms with E-state index in [-0.39, 0.29) is 11.6 Å². The van der Waals surface area contributed by atoms with E-state index in [4.69, 9.17) is 4.74 Å². The van der Waals surface area contributed by atoms with Crippen molar-refractivity contribution in [1.82, 2.24) is 0 Å². The van der Waals surface area contributed by atoms with Crippen molar-refractivity contribution in [2.24, 2.45) is 11.8 Å². The summed E-state index contributed by atoms with van der Waals surface area (Å²) in [6.45, 7) is 10.0. The third-order valence-corrected chi connectivity index (χ3v) is 3.74.